The standard InChI is InChI=1S/C22H31N3O3/c1-16-20(17(2)28-24-16)11-12-22(26)23-15-21(25-13-5-4-6-14-25)18-7-9-19(27-3)10-8-18/h7-10,21H,4-6,11-15H2,1-3H3,(H,23,26)/p+1/t21-/m0/s1. The molecule has 0 saturated carbocycles. The summed E-state index contributed by atoms with van der Waals surface area (Å²) in [5, 5.41) is 7.13. The van der Waals surface area contributed by atoms with Gasteiger partial charge in [0.25, 0.3) is 0 Å². The number of benzene rings is 1. The van der Waals surface area contributed by atoms with Crippen molar-refractivity contribution < 1.29 is 19.0 Å². The van der Waals surface area contributed by atoms with Gasteiger partial charge in [-0.3, -0.25) is 4.79 Å². The molecule has 0 radical (unpaired) electrons. The number of methoxy groups -OCH3 is 1. The fourth-order valence-corrected chi connectivity index (χ4v) is 4.09. The summed E-state index contributed by atoms with van der Waals surface area (Å²) in [6.45, 7) is 6.79. The summed E-state index contributed by atoms with van der Waals surface area (Å²) in [5.74, 6) is 1.74. The molecule has 2 N–H and O–H groups in total. The van der Waals surface area contributed by atoms with Gasteiger partial charge in [-0.25, -0.2) is 0 Å². The fourth-order valence-electron chi connectivity index (χ4n) is 4.09. The first kappa shape index (κ1) is 20.4. The molecule has 0 bridgehead atoms. The van der Waals surface area contributed by atoms with E-state index in [1.807, 2.05) is 26.0 Å². The SMILES string of the molecule is COc1ccc([C@H](CNC(=O)CCc2c(C)noc2C)[NH+]2CCCCC2)cc1. The molecule has 2 heterocycles. The van der Waals surface area contributed by atoms with Crippen molar-refractivity contribution in [1.29, 1.82) is 0 Å². The summed E-state index contributed by atoms with van der Waals surface area (Å²) in [6, 6.07) is 8.53. The van der Waals surface area contributed by atoms with Crippen LogP contribution in [0.1, 0.15) is 54.3 Å². The molecule has 152 valence electrons. The number of amides is 1. The Hall–Kier alpha value is -2.34. The number of rotatable bonds is 8. The summed E-state index contributed by atoms with van der Waals surface area (Å²) < 4.78 is 10.5. The van der Waals surface area contributed by atoms with Crippen LogP contribution in [0.25, 0.3) is 0 Å². The number of quaternary nitrogens is 1. The molecule has 3 rings (SSSR count). The Bertz CT molecular complexity index is 744. The Labute approximate surface area is 167 Å². The predicted octanol–water partition coefficient (Wildman–Crippen LogP) is 2.16. The van der Waals surface area contributed by atoms with Crippen LogP contribution in [-0.4, -0.2) is 37.8 Å². The number of piperidine rings is 1. The van der Waals surface area contributed by atoms with Gasteiger partial charge in [-0.2, -0.15) is 0 Å². The highest BCUT2D eigenvalue weighted by Crippen LogP contribution is 2.17. The molecule has 1 fully saturated rings. The summed E-state index contributed by atoms with van der Waals surface area (Å²) >= 11 is 0. The minimum absolute atomic E-state index is 0.0786. The van der Waals surface area contributed by atoms with Crippen LogP contribution >= 0.6 is 0 Å². The molecular formula is C22H32N3O3+. The minimum Gasteiger partial charge on any atom is -0.497 e. The molecule has 6 heteroatoms. The molecule has 1 aliphatic heterocycles. The van der Waals surface area contributed by atoms with Crippen molar-refractivity contribution in [3.63, 3.8) is 0 Å². The Morgan fingerprint density at radius 2 is 1.93 bits per heavy atom. The second-order valence-electron chi connectivity index (χ2n) is 7.65. The van der Waals surface area contributed by atoms with E-state index >= 15 is 0 Å². The van der Waals surface area contributed by atoms with Gasteiger partial charge in [0, 0.05) is 17.5 Å². The van der Waals surface area contributed by atoms with Crippen molar-refractivity contribution in [1.82, 2.24) is 10.5 Å². The first-order valence-corrected chi connectivity index (χ1v) is 10.3. The quantitative estimate of drug-likeness (QED) is 0.730. The van der Waals surface area contributed by atoms with Crippen molar-refractivity contribution in [2.75, 3.05) is 26.7 Å². The first-order chi connectivity index (χ1) is 13.6. The van der Waals surface area contributed by atoms with Crippen molar-refractivity contribution in [2.45, 2.75) is 52.0 Å². The minimum atomic E-state index is 0.0786. The van der Waals surface area contributed by atoms with Crippen LogP contribution in [0, 0.1) is 13.8 Å². The van der Waals surface area contributed by atoms with E-state index in [2.05, 4.69) is 22.6 Å². The zero-order chi connectivity index (χ0) is 19.9. The number of aryl methyl sites for hydroxylation is 2. The van der Waals surface area contributed by atoms with Gasteiger partial charge >= 0.3 is 0 Å². The number of aromatic nitrogens is 1. The second kappa shape index (κ2) is 9.73. The average molecular weight is 387 g/mol. The van der Waals surface area contributed by atoms with E-state index in [0.717, 1.165) is 35.9 Å². The van der Waals surface area contributed by atoms with E-state index < -0.39 is 0 Å². The number of ether oxygens (including phenoxy) is 1. The molecule has 1 atom stereocenters. The molecule has 0 aliphatic carbocycles. The van der Waals surface area contributed by atoms with Crippen LogP contribution < -0.4 is 15.0 Å². The third-order valence-corrected chi connectivity index (χ3v) is 5.79. The summed E-state index contributed by atoms with van der Waals surface area (Å²) in [6.07, 6.45) is 4.93. The third-order valence-electron chi connectivity index (χ3n) is 5.79. The third kappa shape index (κ3) is 5.13. The van der Waals surface area contributed by atoms with Crippen molar-refractivity contribution >= 4 is 5.91 Å². The Kier molecular flexibility index (Phi) is 7.09. The molecule has 1 aliphatic rings. The van der Waals surface area contributed by atoms with E-state index in [0.29, 0.717) is 19.4 Å². The topological polar surface area (TPSA) is 68.8 Å². The number of likely N-dealkylation sites (tertiary alicyclic amines) is 1. The van der Waals surface area contributed by atoms with Crippen LogP contribution in [0.4, 0.5) is 0 Å². The predicted molar refractivity (Wildman–Crippen MR) is 108 cm³/mol. The van der Waals surface area contributed by atoms with Crippen LogP contribution in [0.2, 0.25) is 0 Å². The zero-order valence-corrected chi connectivity index (χ0v) is 17.2. The highest BCUT2D eigenvalue weighted by Gasteiger charge is 2.26. The fraction of sp³-hybridized carbons (Fsp3) is 0.545. The van der Waals surface area contributed by atoms with Gasteiger partial charge < -0.3 is 19.5 Å². The normalized spacial score (nSPS) is 16.0. The van der Waals surface area contributed by atoms with Crippen LogP contribution in [0.15, 0.2) is 28.8 Å². The van der Waals surface area contributed by atoms with E-state index in [1.165, 1.54) is 24.8 Å². The molecule has 2 aromatic rings. The second-order valence-corrected chi connectivity index (χ2v) is 7.65. The van der Waals surface area contributed by atoms with Crippen molar-refractivity contribution in [3.8, 4) is 5.75 Å². The van der Waals surface area contributed by atoms with E-state index in [1.54, 1.807) is 12.0 Å². The largest absolute Gasteiger partial charge is 0.497 e. The lowest BCUT2D eigenvalue weighted by atomic mass is 10.0. The van der Waals surface area contributed by atoms with Crippen LogP contribution in [-0.2, 0) is 11.2 Å². The lowest BCUT2D eigenvalue weighted by molar-refractivity contribution is -0.935. The van der Waals surface area contributed by atoms with Crippen molar-refractivity contribution in [2.24, 2.45) is 0 Å². The zero-order valence-electron chi connectivity index (χ0n) is 17.2. The first-order valence-electron chi connectivity index (χ1n) is 10.3. The van der Waals surface area contributed by atoms with Gasteiger partial charge in [-0.15, -0.1) is 0 Å². The molecule has 0 unspecified atom stereocenters. The maximum Gasteiger partial charge on any atom is 0.220 e. The van der Waals surface area contributed by atoms with E-state index in [4.69, 9.17) is 9.26 Å². The van der Waals surface area contributed by atoms with Crippen LogP contribution in [0.5, 0.6) is 5.75 Å². The average Bonchev–Trinajstić information content (AvgIpc) is 3.05. The van der Waals surface area contributed by atoms with E-state index in [9.17, 15) is 4.79 Å². The lowest BCUT2D eigenvalue weighted by Crippen LogP contribution is -3.13. The van der Waals surface area contributed by atoms with Gasteiger partial charge in [0.1, 0.15) is 17.6 Å². The molecular weight excluding hydrogens is 354 g/mol. The van der Waals surface area contributed by atoms with E-state index in [-0.39, 0.29) is 11.9 Å². The Morgan fingerprint density at radius 1 is 1.21 bits per heavy atom. The summed E-state index contributed by atoms with van der Waals surface area (Å²) in [4.78, 5) is 14.0. The number of nitrogens with one attached hydrogen (secondary N) is 2. The summed E-state index contributed by atoms with van der Waals surface area (Å²) in [7, 11) is 1.68. The maximum atomic E-state index is 12.5. The number of nitrogens with zero attached hydrogens (tertiary/aromatic N) is 1. The number of carbonyl (C=O) groups is 1. The molecule has 28 heavy (non-hydrogen) atoms. The van der Waals surface area contributed by atoms with Gasteiger partial charge in [0.2, 0.25) is 5.91 Å². The molecule has 1 amide bonds. The monoisotopic (exact) mass is 386 g/mol. The highest BCUT2D eigenvalue weighted by molar-refractivity contribution is 5.76. The summed E-state index contributed by atoms with van der Waals surface area (Å²) in [5.41, 5.74) is 3.17. The molecule has 0 spiro atoms. The lowest BCUT2D eigenvalue weighted by Gasteiger charge is -2.32. The number of hydrogen-bond acceptors (Lipinski definition) is 4. The number of hydrogen-bond donors (Lipinski definition) is 2. The molecule has 1 aromatic carbocycles. The highest BCUT2D eigenvalue weighted by atomic mass is 16.5. The van der Waals surface area contributed by atoms with Crippen molar-refractivity contribution in [3.05, 3.63) is 46.8 Å². The van der Waals surface area contributed by atoms with Gasteiger partial charge in [-0.1, -0.05) is 5.16 Å². The van der Waals surface area contributed by atoms with Gasteiger partial charge in [0.05, 0.1) is 32.4 Å². The van der Waals surface area contributed by atoms with Gasteiger partial charge in [0.15, 0.2) is 0 Å². The maximum absolute atomic E-state index is 12.5. The molecule has 6 nitrogen and oxygen atoms in total. The molecule has 1 aromatic heterocycles. The van der Waals surface area contributed by atoms with Gasteiger partial charge in [-0.05, 0) is 63.8 Å². The van der Waals surface area contributed by atoms with Crippen LogP contribution in [0.3, 0.4) is 0 Å². The number of carbonyl (C=O) groups excluding carboxylic acids is 1. The smallest absolute Gasteiger partial charge is 0.220 e. The Balaban J connectivity index is 1.61. The molecule has 1 saturated heterocycles. The Morgan fingerprint density at radius 3 is 2.54 bits per heavy atom.